The van der Waals surface area contributed by atoms with Gasteiger partial charge < -0.3 is 10.8 Å². The maximum absolute atomic E-state index is 10.9. The Morgan fingerprint density at radius 2 is 1.94 bits per heavy atom. The largest absolute Gasteiger partial charge is 0.476 e. The number of amides is 1. The average molecular weight is 262 g/mol. The van der Waals surface area contributed by atoms with E-state index >= 15 is 0 Å². The second-order valence-electron chi connectivity index (χ2n) is 3.67. The Labute approximate surface area is 107 Å². The first-order valence-corrected chi connectivity index (χ1v) is 6.00. The summed E-state index contributed by atoms with van der Waals surface area (Å²) in [6.07, 6.45) is 0.539. The van der Waals surface area contributed by atoms with E-state index in [-0.39, 0.29) is 5.69 Å². The van der Waals surface area contributed by atoms with E-state index in [1.807, 2.05) is 0 Å². The van der Waals surface area contributed by atoms with Crippen molar-refractivity contribution in [1.29, 1.82) is 0 Å². The Kier molecular flexibility index (Phi) is 3.38. The number of carbonyl (C=O) groups is 2. The topological polar surface area (TPSA) is 93.3 Å². The lowest BCUT2D eigenvalue weighted by Gasteiger charge is -1.99. The number of carboxylic acid groups (broad SMARTS) is 1. The SMILES string of the molecule is NC(=O)c1ccc(Cc2nc(C(=O)O)cs2)cc1. The van der Waals surface area contributed by atoms with E-state index in [1.54, 1.807) is 24.3 Å². The van der Waals surface area contributed by atoms with Crippen LogP contribution in [0, 0.1) is 0 Å². The highest BCUT2D eigenvalue weighted by Gasteiger charge is 2.09. The molecule has 0 aliphatic heterocycles. The van der Waals surface area contributed by atoms with Gasteiger partial charge in [-0.2, -0.15) is 0 Å². The van der Waals surface area contributed by atoms with Gasteiger partial charge in [0.15, 0.2) is 5.69 Å². The van der Waals surface area contributed by atoms with Gasteiger partial charge in [0.1, 0.15) is 0 Å². The minimum absolute atomic E-state index is 0.0590. The number of hydrogen-bond acceptors (Lipinski definition) is 4. The number of carboxylic acids is 1. The van der Waals surface area contributed by atoms with E-state index in [1.165, 1.54) is 16.7 Å². The molecule has 1 heterocycles. The normalized spacial score (nSPS) is 10.2. The molecule has 0 radical (unpaired) electrons. The van der Waals surface area contributed by atoms with Crippen molar-refractivity contribution < 1.29 is 14.7 Å². The number of benzene rings is 1. The number of carbonyl (C=O) groups excluding carboxylic acids is 1. The van der Waals surface area contributed by atoms with Crippen molar-refractivity contribution in [2.75, 3.05) is 0 Å². The summed E-state index contributed by atoms with van der Waals surface area (Å²) in [5.74, 6) is -1.49. The molecule has 6 heteroatoms. The molecule has 1 aromatic heterocycles. The van der Waals surface area contributed by atoms with Crippen LogP contribution < -0.4 is 5.73 Å². The summed E-state index contributed by atoms with van der Waals surface area (Å²) in [5.41, 5.74) is 6.60. The van der Waals surface area contributed by atoms with Gasteiger partial charge in [0.25, 0.3) is 0 Å². The van der Waals surface area contributed by atoms with Gasteiger partial charge in [-0.3, -0.25) is 4.79 Å². The molecule has 0 saturated carbocycles. The molecule has 0 aliphatic rings. The van der Waals surface area contributed by atoms with E-state index in [0.717, 1.165) is 10.6 Å². The third kappa shape index (κ3) is 2.72. The zero-order valence-electron chi connectivity index (χ0n) is 9.29. The fourth-order valence-electron chi connectivity index (χ4n) is 1.45. The molecule has 1 aromatic carbocycles. The first-order chi connectivity index (χ1) is 8.56. The van der Waals surface area contributed by atoms with Crippen LogP contribution in [0.5, 0.6) is 0 Å². The number of rotatable bonds is 4. The molecule has 0 atom stereocenters. The van der Waals surface area contributed by atoms with Gasteiger partial charge in [-0.25, -0.2) is 9.78 Å². The van der Waals surface area contributed by atoms with Crippen LogP contribution in [0.25, 0.3) is 0 Å². The van der Waals surface area contributed by atoms with Crippen molar-refractivity contribution in [2.24, 2.45) is 5.73 Å². The summed E-state index contributed by atoms with van der Waals surface area (Å²) >= 11 is 1.30. The molecule has 3 N–H and O–H groups in total. The molecular formula is C12H10N2O3S. The van der Waals surface area contributed by atoms with Gasteiger partial charge in [-0.05, 0) is 17.7 Å². The first kappa shape index (κ1) is 12.3. The highest BCUT2D eigenvalue weighted by molar-refractivity contribution is 7.09. The highest BCUT2D eigenvalue weighted by Crippen LogP contribution is 2.15. The summed E-state index contributed by atoms with van der Waals surface area (Å²) in [4.78, 5) is 25.6. The maximum Gasteiger partial charge on any atom is 0.355 e. The zero-order valence-corrected chi connectivity index (χ0v) is 10.1. The number of nitrogens with two attached hydrogens (primary N) is 1. The third-order valence-corrected chi connectivity index (χ3v) is 3.21. The number of hydrogen-bond donors (Lipinski definition) is 2. The standard InChI is InChI=1S/C12H10N2O3S/c13-11(15)8-3-1-7(2-4-8)5-10-14-9(6-18-10)12(16)17/h1-4,6H,5H2,(H2,13,15)(H,16,17). The van der Waals surface area contributed by atoms with Gasteiger partial charge in [-0.1, -0.05) is 12.1 Å². The Balaban J connectivity index is 2.13. The molecule has 0 fully saturated rings. The number of aromatic carboxylic acids is 1. The molecule has 92 valence electrons. The predicted octanol–water partition coefficient (Wildman–Crippen LogP) is 1.53. The lowest BCUT2D eigenvalue weighted by molar-refractivity contribution is 0.0691. The van der Waals surface area contributed by atoms with Gasteiger partial charge in [0.2, 0.25) is 5.91 Å². The molecule has 0 saturated heterocycles. The zero-order chi connectivity index (χ0) is 13.1. The van der Waals surface area contributed by atoms with Crippen LogP contribution in [0.4, 0.5) is 0 Å². The fraction of sp³-hybridized carbons (Fsp3) is 0.0833. The lowest BCUT2D eigenvalue weighted by atomic mass is 10.1. The van der Waals surface area contributed by atoms with Crippen molar-refractivity contribution in [1.82, 2.24) is 4.98 Å². The van der Waals surface area contributed by atoms with Crippen molar-refractivity contribution in [3.63, 3.8) is 0 Å². The van der Waals surface area contributed by atoms with Crippen molar-refractivity contribution >= 4 is 23.2 Å². The molecular weight excluding hydrogens is 252 g/mol. The van der Waals surface area contributed by atoms with Crippen molar-refractivity contribution in [3.8, 4) is 0 Å². The molecule has 2 aromatic rings. The smallest absolute Gasteiger partial charge is 0.355 e. The molecule has 0 bridgehead atoms. The van der Waals surface area contributed by atoms with E-state index in [2.05, 4.69) is 4.98 Å². The molecule has 0 spiro atoms. The Morgan fingerprint density at radius 1 is 1.28 bits per heavy atom. The van der Waals surface area contributed by atoms with Crippen LogP contribution in [0.15, 0.2) is 29.6 Å². The Hall–Kier alpha value is -2.21. The van der Waals surface area contributed by atoms with Gasteiger partial charge in [0, 0.05) is 17.4 Å². The fourth-order valence-corrected chi connectivity index (χ4v) is 2.25. The summed E-state index contributed by atoms with van der Waals surface area (Å²) < 4.78 is 0. The average Bonchev–Trinajstić information content (AvgIpc) is 2.78. The maximum atomic E-state index is 10.9. The first-order valence-electron chi connectivity index (χ1n) is 5.12. The van der Waals surface area contributed by atoms with Crippen LogP contribution in [0.2, 0.25) is 0 Å². The molecule has 5 nitrogen and oxygen atoms in total. The van der Waals surface area contributed by atoms with Crippen molar-refractivity contribution in [3.05, 3.63) is 51.5 Å². The minimum atomic E-state index is -1.03. The second kappa shape index (κ2) is 4.97. The van der Waals surface area contributed by atoms with Crippen molar-refractivity contribution in [2.45, 2.75) is 6.42 Å². The van der Waals surface area contributed by atoms with E-state index < -0.39 is 11.9 Å². The summed E-state index contributed by atoms with van der Waals surface area (Å²) in [6, 6.07) is 6.84. The quantitative estimate of drug-likeness (QED) is 0.873. The molecule has 0 aliphatic carbocycles. The van der Waals surface area contributed by atoms with Crippen LogP contribution in [-0.2, 0) is 6.42 Å². The second-order valence-corrected chi connectivity index (χ2v) is 4.61. The van der Waals surface area contributed by atoms with Crippen LogP contribution >= 0.6 is 11.3 Å². The van der Waals surface area contributed by atoms with Gasteiger partial charge in [0.05, 0.1) is 5.01 Å². The van der Waals surface area contributed by atoms with E-state index in [0.29, 0.717) is 12.0 Å². The molecule has 1 amide bonds. The van der Waals surface area contributed by atoms with Gasteiger partial charge >= 0.3 is 5.97 Å². The molecule has 2 rings (SSSR count). The Morgan fingerprint density at radius 3 is 2.44 bits per heavy atom. The monoisotopic (exact) mass is 262 g/mol. The number of nitrogens with zero attached hydrogens (tertiary/aromatic N) is 1. The number of thiazole rings is 1. The molecule has 18 heavy (non-hydrogen) atoms. The predicted molar refractivity (Wildman–Crippen MR) is 66.8 cm³/mol. The number of aromatic nitrogens is 1. The summed E-state index contributed by atoms with van der Waals surface area (Å²) in [7, 11) is 0. The lowest BCUT2D eigenvalue weighted by Crippen LogP contribution is -2.10. The minimum Gasteiger partial charge on any atom is -0.476 e. The van der Waals surface area contributed by atoms with Gasteiger partial charge in [-0.15, -0.1) is 11.3 Å². The Bertz CT molecular complexity index is 590. The highest BCUT2D eigenvalue weighted by atomic mass is 32.1. The molecule has 0 unspecified atom stereocenters. The summed E-state index contributed by atoms with van der Waals surface area (Å²) in [5, 5.41) is 11.0. The van der Waals surface area contributed by atoms with Crippen LogP contribution in [0.3, 0.4) is 0 Å². The van der Waals surface area contributed by atoms with E-state index in [4.69, 9.17) is 10.8 Å². The number of primary amides is 1. The van der Waals surface area contributed by atoms with Crippen LogP contribution in [-0.4, -0.2) is 22.0 Å². The van der Waals surface area contributed by atoms with Crippen LogP contribution in [0.1, 0.15) is 31.4 Å². The third-order valence-electron chi connectivity index (χ3n) is 2.36. The van der Waals surface area contributed by atoms with E-state index in [9.17, 15) is 9.59 Å². The summed E-state index contributed by atoms with van der Waals surface area (Å²) in [6.45, 7) is 0.